The summed E-state index contributed by atoms with van der Waals surface area (Å²) in [5.74, 6) is -3.54. The van der Waals surface area contributed by atoms with Gasteiger partial charge in [0.25, 0.3) is 0 Å². The molecule has 0 aliphatic rings. The Morgan fingerprint density at radius 3 is 1.62 bits per heavy atom. The molecular weight excluding hydrogens is 222 g/mol. The number of aliphatic hydroxyl groups excluding tert-OH is 2. The summed E-state index contributed by atoms with van der Waals surface area (Å²) in [4.78, 5) is 19.5. The largest absolute Gasteiger partial charge is 0.479 e. The molecular formula is C8H17NO7. The zero-order valence-corrected chi connectivity index (χ0v) is 8.83. The van der Waals surface area contributed by atoms with Crippen molar-refractivity contribution >= 4 is 11.9 Å². The molecule has 0 bridgehead atoms. The van der Waals surface area contributed by atoms with Crippen LogP contribution in [0.2, 0.25) is 0 Å². The van der Waals surface area contributed by atoms with Gasteiger partial charge in [-0.15, -0.1) is 0 Å². The fourth-order valence-electron chi connectivity index (χ4n) is 0.526. The van der Waals surface area contributed by atoms with Crippen molar-refractivity contribution in [3.63, 3.8) is 0 Å². The number of unbranched alkanes of at least 4 members (excludes halogenated alkanes) is 1. The Morgan fingerprint density at radius 1 is 1.12 bits per heavy atom. The molecule has 0 aliphatic carbocycles. The summed E-state index contributed by atoms with van der Waals surface area (Å²) in [6.45, 7) is 2.80. The van der Waals surface area contributed by atoms with Gasteiger partial charge in [-0.1, -0.05) is 13.3 Å². The Hall–Kier alpha value is -1.22. The topological polar surface area (TPSA) is 147 Å². The highest BCUT2D eigenvalue weighted by Crippen LogP contribution is 1.92. The third kappa shape index (κ3) is 9.34. The van der Waals surface area contributed by atoms with Crippen LogP contribution in [0.25, 0.3) is 0 Å². The minimum absolute atomic E-state index is 0.719. The molecule has 96 valence electrons. The summed E-state index contributed by atoms with van der Waals surface area (Å²) in [6.07, 6.45) is -2.35. The van der Waals surface area contributed by atoms with E-state index in [0.717, 1.165) is 19.4 Å². The van der Waals surface area contributed by atoms with Crippen LogP contribution in [-0.4, -0.2) is 56.3 Å². The van der Waals surface area contributed by atoms with E-state index in [4.69, 9.17) is 25.6 Å². The maximum absolute atomic E-state index is 9.77. The Morgan fingerprint density at radius 2 is 1.50 bits per heavy atom. The Labute approximate surface area is 92.1 Å². The molecule has 2 atom stereocenters. The van der Waals surface area contributed by atoms with E-state index in [1.54, 1.807) is 0 Å². The number of aliphatic hydroxyl groups is 2. The van der Waals surface area contributed by atoms with Crippen molar-refractivity contribution in [2.24, 2.45) is 0 Å². The molecule has 0 aromatic rings. The smallest absolute Gasteiger partial charge is 0.335 e. The standard InChI is InChI=1S/C4H11NO.C4H6O6/c1-2-3-4-5-6;5-1(3(7)8)2(6)4(9)10/h5-6H,2-4H2,1H3;1-2,5-6H,(H,7,8)(H,9,10). The zero-order valence-electron chi connectivity index (χ0n) is 8.83. The molecule has 0 aromatic carbocycles. The van der Waals surface area contributed by atoms with Crippen LogP contribution in [0.4, 0.5) is 0 Å². The summed E-state index contributed by atoms with van der Waals surface area (Å²) in [5, 5.41) is 40.5. The fourth-order valence-corrected chi connectivity index (χ4v) is 0.526. The van der Waals surface area contributed by atoms with Crippen molar-refractivity contribution in [2.45, 2.75) is 32.0 Å². The molecule has 0 aromatic heterocycles. The average molecular weight is 239 g/mol. The lowest BCUT2D eigenvalue weighted by Gasteiger charge is -2.07. The van der Waals surface area contributed by atoms with Gasteiger partial charge in [0.2, 0.25) is 0 Å². The van der Waals surface area contributed by atoms with Crippen molar-refractivity contribution in [3.05, 3.63) is 0 Å². The van der Waals surface area contributed by atoms with E-state index in [2.05, 4.69) is 12.4 Å². The summed E-state index contributed by atoms with van der Waals surface area (Å²) in [7, 11) is 0. The molecule has 0 saturated heterocycles. The van der Waals surface area contributed by atoms with Crippen molar-refractivity contribution in [3.8, 4) is 0 Å². The van der Waals surface area contributed by atoms with Crippen molar-refractivity contribution in [1.29, 1.82) is 0 Å². The molecule has 0 rings (SSSR count). The van der Waals surface area contributed by atoms with Gasteiger partial charge in [0.05, 0.1) is 0 Å². The SMILES string of the molecule is CCCCNO.O=C(O)C(O)C(O)C(=O)O. The molecule has 0 aliphatic heterocycles. The molecule has 0 heterocycles. The molecule has 0 radical (unpaired) electrons. The lowest BCUT2D eigenvalue weighted by atomic mass is 10.2. The maximum Gasteiger partial charge on any atom is 0.335 e. The molecule has 8 nitrogen and oxygen atoms in total. The van der Waals surface area contributed by atoms with E-state index in [0.29, 0.717) is 0 Å². The Balaban J connectivity index is 0. The predicted molar refractivity (Wildman–Crippen MR) is 52.0 cm³/mol. The summed E-state index contributed by atoms with van der Waals surface area (Å²) in [5.41, 5.74) is 2.07. The zero-order chi connectivity index (χ0) is 13.1. The number of hydroxylamine groups is 1. The average Bonchev–Trinajstić information content (AvgIpc) is 2.24. The van der Waals surface area contributed by atoms with E-state index in [1.165, 1.54) is 0 Å². The molecule has 0 fully saturated rings. The van der Waals surface area contributed by atoms with Gasteiger partial charge < -0.3 is 25.6 Å². The number of nitrogens with one attached hydrogen (secondary N) is 1. The van der Waals surface area contributed by atoms with E-state index in [1.807, 2.05) is 0 Å². The quantitative estimate of drug-likeness (QED) is 0.246. The van der Waals surface area contributed by atoms with Crippen LogP contribution >= 0.6 is 0 Å². The highest BCUT2D eigenvalue weighted by atomic mass is 16.5. The van der Waals surface area contributed by atoms with Gasteiger partial charge in [-0.05, 0) is 6.42 Å². The number of carbonyl (C=O) groups is 2. The lowest BCUT2D eigenvalue weighted by molar-refractivity contribution is -0.165. The van der Waals surface area contributed by atoms with Crippen molar-refractivity contribution < 1.29 is 35.2 Å². The van der Waals surface area contributed by atoms with Crippen molar-refractivity contribution in [1.82, 2.24) is 5.48 Å². The number of hydrogen-bond donors (Lipinski definition) is 6. The number of hydrogen-bond acceptors (Lipinski definition) is 6. The predicted octanol–water partition coefficient (Wildman–Crippen LogP) is -1.36. The summed E-state index contributed by atoms with van der Waals surface area (Å²) >= 11 is 0. The maximum atomic E-state index is 9.77. The Bertz CT molecular complexity index is 187. The van der Waals surface area contributed by atoms with Gasteiger partial charge >= 0.3 is 11.9 Å². The minimum Gasteiger partial charge on any atom is -0.479 e. The van der Waals surface area contributed by atoms with Gasteiger partial charge in [-0.3, -0.25) is 0 Å². The first-order valence-electron chi connectivity index (χ1n) is 4.57. The number of carboxylic acids is 2. The molecule has 0 spiro atoms. The second kappa shape index (κ2) is 10.3. The fraction of sp³-hybridized carbons (Fsp3) is 0.750. The summed E-state index contributed by atoms with van der Waals surface area (Å²) < 4.78 is 0. The van der Waals surface area contributed by atoms with Gasteiger partial charge in [-0.2, -0.15) is 0 Å². The number of carboxylic acid groups (broad SMARTS) is 2. The van der Waals surface area contributed by atoms with Crippen molar-refractivity contribution in [2.75, 3.05) is 6.54 Å². The van der Waals surface area contributed by atoms with Gasteiger partial charge in [-0.25, -0.2) is 15.1 Å². The lowest BCUT2D eigenvalue weighted by Crippen LogP contribution is -2.39. The molecule has 0 saturated carbocycles. The van der Waals surface area contributed by atoms with Crippen LogP contribution < -0.4 is 5.48 Å². The van der Waals surface area contributed by atoms with E-state index < -0.39 is 24.1 Å². The molecule has 0 amide bonds. The first kappa shape index (κ1) is 17.2. The normalized spacial score (nSPS) is 13.2. The second-order valence-electron chi connectivity index (χ2n) is 2.83. The molecule has 8 heteroatoms. The highest BCUT2D eigenvalue weighted by molar-refractivity contribution is 5.83. The van der Waals surface area contributed by atoms with Crippen LogP contribution in [0.15, 0.2) is 0 Å². The van der Waals surface area contributed by atoms with E-state index >= 15 is 0 Å². The second-order valence-corrected chi connectivity index (χ2v) is 2.83. The molecule has 16 heavy (non-hydrogen) atoms. The number of aliphatic carboxylic acids is 2. The Kier molecular flexibility index (Phi) is 11.1. The van der Waals surface area contributed by atoms with Gasteiger partial charge in [0.1, 0.15) is 0 Å². The monoisotopic (exact) mass is 239 g/mol. The van der Waals surface area contributed by atoms with E-state index in [9.17, 15) is 9.59 Å². The molecule has 6 N–H and O–H groups in total. The van der Waals surface area contributed by atoms with Crippen LogP contribution in [0.5, 0.6) is 0 Å². The van der Waals surface area contributed by atoms with Crippen LogP contribution in [-0.2, 0) is 9.59 Å². The first-order chi connectivity index (χ1) is 7.38. The van der Waals surface area contributed by atoms with Gasteiger partial charge in [0.15, 0.2) is 12.2 Å². The van der Waals surface area contributed by atoms with Crippen LogP contribution in [0, 0.1) is 0 Å². The van der Waals surface area contributed by atoms with Crippen LogP contribution in [0.1, 0.15) is 19.8 Å². The molecule has 2 unspecified atom stereocenters. The highest BCUT2D eigenvalue weighted by Gasteiger charge is 2.29. The third-order valence-electron chi connectivity index (χ3n) is 1.45. The number of rotatable bonds is 6. The third-order valence-corrected chi connectivity index (χ3v) is 1.45. The van der Waals surface area contributed by atoms with E-state index in [-0.39, 0.29) is 0 Å². The van der Waals surface area contributed by atoms with Gasteiger partial charge in [0, 0.05) is 6.54 Å². The minimum atomic E-state index is -2.27. The van der Waals surface area contributed by atoms with Crippen LogP contribution in [0.3, 0.4) is 0 Å². The summed E-state index contributed by atoms with van der Waals surface area (Å²) in [6, 6.07) is 0. The first-order valence-corrected chi connectivity index (χ1v) is 4.57.